The van der Waals surface area contributed by atoms with Gasteiger partial charge in [-0.1, -0.05) is 5.16 Å². The topological polar surface area (TPSA) is 71.3 Å². The Kier molecular flexibility index (Phi) is 3.76. The molecule has 0 aliphatic carbocycles. The molecule has 126 valence electrons. The molecule has 1 aromatic carbocycles. The molecule has 2 aliphatic heterocycles. The van der Waals surface area contributed by atoms with Crippen LogP contribution in [0.2, 0.25) is 0 Å². The van der Waals surface area contributed by atoms with E-state index < -0.39 is 11.6 Å². The van der Waals surface area contributed by atoms with Gasteiger partial charge in [0.15, 0.2) is 5.82 Å². The maximum Gasteiger partial charge on any atom is 0.260 e. The van der Waals surface area contributed by atoms with Gasteiger partial charge >= 0.3 is 0 Å². The summed E-state index contributed by atoms with van der Waals surface area (Å²) in [7, 11) is 0. The Morgan fingerprint density at radius 2 is 2.25 bits per heavy atom. The van der Waals surface area contributed by atoms with Crippen molar-refractivity contribution in [2.75, 3.05) is 13.1 Å². The minimum Gasteiger partial charge on any atom is -0.354 e. The maximum atomic E-state index is 13.8. The molecule has 0 saturated carbocycles. The Morgan fingerprint density at radius 3 is 3.08 bits per heavy atom. The van der Waals surface area contributed by atoms with Crippen LogP contribution in [0.5, 0.6) is 0 Å². The predicted molar refractivity (Wildman–Crippen MR) is 79.6 cm³/mol. The van der Waals surface area contributed by atoms with Crippen LogP contribution in [0, 0.1) is 17.6 Å². The van der Waals surface area contributed by atoms with E-state index >= 15 is 0 Å². The number of amides is 1. The van der Waals surface area contributed by atoms with Crippen molar-refractivity contribution in [3.63, 3.8) is 0 Å². The number of piperidine rings is 1. The van der Waals surface area contributed by atoms with Gasteiger partial charge in [0.25, 0.3) is 5.89 Å². The number of nitrogens with zero attached hydrogens (tertiary/aromatic N) is 3. The third-order valence-electron chi connectivity index (χ3n) is 4.69. The normalized spacial score (nSPS) is 24.0. The van der Waals surface area contributed by atoms with Crippen molar-refractivity contribution >= 4 is 5.91 Å². The van der Waals surface area contributed by atoms with Crippen molar-refractivity contribution in [1.29, 1.82) is 0 Å². The monoisotopic (exact) mass is 334 g/mol. The highest BCUT2D eigenvalue weighted by molar-refractivity contribution is 5.82. The molecule has 2 aliphatic rings. The number of nitrogens with one attached hydrogen (secondary N) is 1. The molecular weight excluding hydrogens is 318 g/mol. The van der Waals surface area contributed by atoms with E-state index in [-0.39, 0.29) is 29.3 Å². The van der Waals surface area contributed by atoms with Gasteiger partial charge in [0, 0.05) is 18.7 Å². The van der Waals surface area contributed by atoms with Gasteiger partial charge < -0.3 is 9.84 Å². The molecule has 1 amide bonds. The van der Waals surface area contributed by atoms with Crippen LogP contribution in [0.3, 0.4) is 0 Å². The number of benzene rings is 1. The fourth-order valence-corrected chi connectivity index (χ4v) is 3.51. The van der Waals surface area contributed by atoms with Gasteiger partial charge in [0.2, 0.25) is 5.91 Å². The Hall–Kier alpha value is -2.35. The first-order valence-electron chi connectivity index (χ1n) is 7.91. The number of fused-ring (bicyclic) bond motifs is 1. The van der Waals surface area contributed by atoms with Gasteiger partial charge in [0.1, 0.15) is 11.6 Å². The average molecular weight is 334 g/mol. The lowest BCUT2D eigenvalue weighted by Crippen LogP contribution is -2.45. The lowest BCUT2D eigenvalue weighted by atomic mass is 9.91. The van der Waals surface area contributed by atoms with E-state index in [0.29, 0.717) is 18.9 Å². The first-order valence-corrected chi connectivity index (χ1v) is 7.91. The van der Waals surface area contributed by atoms with Crippen LogP contribution in [0.15, 0.2) is 22.7 Å². The standard InChI is InChI=1S/C16H16F2N4O2/c17-9-3-4-10(12(18)6-9)16-20-14(21-24-16)8-22-5-1-2-11-13(22)7-19-15(11)23/h3-4,6,11,13H,1-2,5,7-8H2,(H,19,23)/t11-,13-/m1/s1. The lowest BCUT2D eigenvalue weighted by molar-refractivity contribution is -0.124. The Labute approximate surface area is 136 Å². The number of carbonyl (C=O) groups excluding carboxylic acids is 1. The predicted octanol–water partition coefficient (Wildman–Crippen LogP) is 1.73. The number of likely N-dealkylation sites (tertiary alicyclic amines) is 1. The van der Waals surface area contributed by atoms with E-state index in [1.807, 2.05) is 0 Å². The molecule has 4 rings (SSSR count). The first-order chi connectivity index (χ1) is 11.6. The SMILES string of the molecule is O=C1NC[C@@H]2[C@H]1CCCN2Cc1noc(-c2ccc(F)cc2F)n1. The molecule has 2 saturated heterocycles. The molecule has 6 nitrogen and oxygen atoms in total. The van der Waals surface area contributed by atoms with Crippen molar-refractivity contribution in [2.45, 2.75) is 25.4 Å². The summed E-state index contributed by atoms with van der Waals surface area (Å²) < 4.78 is 31.9. The summed E-state index contributed by atoms with van der Waals surface area (Å²) >= 11 is 0. The summed E-state index contributed by atoms with van der Waals surface area (Å²) in [5, 5.41) is 6.78. The van der Waals surface area contributed by atoms with E-state index in [1.165, 1.54) is 6.07 Å². The van der Waals surface area contributed by atoms with Gasteiger partial charge in [-0.05, 0) is 31.5 Å². The summed E-state index contributed by atoms with van der Waals surface area (Å²) in [5.74, 6) is -0.834. The molecule has 0 radical (unpaired) electrons. The van der Waals surface area contributed by atoms with Gasteiger partial charge in [-0.25, -0.2) is 8.78 Å². The lowest BCUT2D eigenvalue weighted by Gasteiger charge is -2.34. The zero-order valence-corrected chi connectivity index (χ0v) is 12.8. The van der Waals surface area contributed by atoms with Gasteiger partial charge in [-0.2, -0.15) is 4.98 Å². The van der Waals surface area contributed by atoms with Crippen LogP contribution < -0.4 is 5.32 Å². The summed E-state index contributed by atoms with van der Waals surface area (Å²) in [4.78, 5) is 18.2. The highest BCUT2D eigenvalue weighted by Gasteiger charge is 2.40. The second kappa shape index (κ2) is 5.94. The third kappa shape index (κ3) is 2.66. The molecule has 2 aromatic rings. The minimum absolute atomic E-state index is 0.0136. The van der Waals surface area contributed by atoms with E-state index in [1.54, 1.807) is 0 Å². The molecule has 0 unspecified atom stereocenters. The highest BCUT2D eigenvalue weighted by Crippen LogP contribution is 2.29. The van der Waals surface area contributed by atoms with Gasteiger partial charge in [0.05, 0.1) is 18.0 Å². The summed E-state index contributed by atoms with van der Waals surface area (Å²) in [5.41, 5.74) is 0.0735. The fraction of sp³-hybridized carbons (Fsp3) is 0.438. The molecule has 3 heterocycles. The molecule has 1 aromatic heterocycles. The van der Waals surface area contributed by atoms with E-state index in [9.17, 15) is 13.6 Å². The van der Waals surface area contributed by atoms with Crippen molar-refractivity contribution in [3.8, 4) is 11.5 Å². The number of halogens is 2. The van der Waals surface area contributed by atoms with Crippen molar-refractivity contribution in [1.82, 2.24) is 20.4 Å². The molecule has 2 fully saturated rings. The largest absolute Gasteiger partial charge is 0.354 e. The van der Waals surface area contributed by atoms with E-state index in [0.717, 1.165) is 31.5 Å². The summed E-state index contributed by atoms with van der Waals surface area (Å²) in [6.45, 7) is 1.91. The van der Waals surface area contributed by atoms with Crippen LogP contribution in [0.4, 0.5) is 8.78 Å². The molecule has 2 atom stereocenters. The molecular formula is C16H16F2N4O2. The average Bonchev–Trinajstić information content (AvgIpc) is 3.16. The number of aromatic nitrogens is 2. The number of rotatable bonds is 3. The van der Waals surface area contributed by atoms with E-state index in [2.05, 4.69) is 20.4 Å². The number of hydrogen-bond donors (Lipinski definition) is 1. The number of hydrogen-bond acceptors (Lipinski definition) is 5. The van der Waals surface area contributed by atoms with Crippen LogP contribution >= 0.6 is 0 Å². The van der Waals surface area contributed by atoms with Crippen molar-refractivity contribution in [3.05, 3.63) is 35.7 Å². The quantitative estimate of drug-likeness (QED) is 0.925. The van der Waals surface area contributed by atoms with Crippen LogP contribution in [-0.2, 0) is 11.3 Å². The van der Waals surface area contributed by atoms with Gasteiger partial charge in [-0.15, -0.1) is 0 Å². The van der Waals surface area contributed by atoms with Crippen LogP contribution in [-0.4, -0.2) is 40.1 Å². The molecule has 0 spiro atoms. The molecule has 0 bridgehead atoms. The van der Waals surface area contributed by atoms with Crippen LogP contribution in [0.1, 0.15) is 18.7 Å². The van der Waals surface area contributed by atoms with Crippen molar-refractivity contribution in [2.24, 2.45) is 5.92 Å². The maximum absolute atomic E-state index is 13.8. The first kappa shape index (κ1) is 15.2. The number of carbonyl (C=O) groups is 1. The Balaban J connectivity index is 1.52. The zero-order valence-electron chi connectivity index (χ0n) is 12.8. The second-order valence-corrected chi connectivity index (χ2v) is 6.17. The van der Waals surface area contributed by atoms with E-state index in [4.69, 9.17) is 4.52 Å². The summed E-state index contributed by atoms with van der Waals surface area (Å²) in [6.07, 6.45) is 1.83. The minimum atomic E-state index is -0.742. The fourth-order valence-electron chi connectivity index (χ4n) is 3.51. The van der Waals surface area contributed by atoms with Gasteiger partial charge in [-0.3, -0.25) is 9.69 Å². The Morgan fingerprint density at radius 1 is 1.38 bits per heavy atom. The summed E-state index contributed by atoms with van der Waals surface area (Å²) in [6, 6.07) is 3.34. The third-order valence-corrected chi connectivity index (χ3v) is 4.69. The second-order valence-electron chi connectivity index (χ2n) is 6.17. The smallest absolute Gasteiger partial charge is 0.260 e. The van der Waals surface area contributed by atoms with Crippen molar-refractivity contribution < 1.29 is 18.1 Å². The highest BCUT2D eigenvalue weighted by atomic mass is 19.1. The zero-order chi connectivity index (χ0) is 16.7. The molecule has 8 heteroatoms. The molecule has 1 N–H and O–H groups in total. The molecule has 24 heavy (non-hydrogen) atoms. The van der Waals surface area contributed by atoms with Crippen LogP contribution in [0.25, 0.3) is 11.5 Å². The Bertz CT molecular complexity index is 779.